The topological polar surface area (TPSA) is 65.0 Å². The average molecular weight is 489 g/mol. The lowest BCUT2D eigenvalue weighted by Crippen LogP contribution is -2.49. The van der Waals surface area contributed by atoms with Gasteiger partial charge in [0.25, 0.3) is 5.91 Å². The second-order valence-corrected chi connectivity index (χ2v) is 8.94. The summed E-state index contributed by atoms with van der Waals surface area (Å²) in [4.78, 5) is 31.3. The summed E-state index contributed by atoms with van der Waals surface area (Å²) in [6.07, 6.45) is 0. The lowest BCUT2D eigenvalue weighted by atomic mass is 10.1. The third kappa shape index (κ3) is 4.93. The first-order valence-electron chi connectivity index (χ1n) is 10.6. The lowest BCUT2D eigenvalue weighted by molar-refractivity contribution is 0.0745. The summed E-state index contributed by atoms with van der Waals surface area (Å²) in [5.41, 5.74) is 1.59. The molecule has 8 nitrogen and oxygen atoms in total. The average Bonchev–Trinajstić information content (AvgIpc) is 2.79. The highest BCUT2D eigenvalue weighted by Gasteiger charge is 2.26. The Morgan fingerprint density at radius 1 is 0.968 bits per heavy atom. The SMILES string of the molecule is COc1ccc(Br)c(C(=O)N2CCN(c3nc(C)cc(N4CCN(C)CC4)n3)CC2)c1. The van der Waals surface area contributed by atoms with Gasteiger partial charge in [0.15, 0.2) is 0 Å². The van der Waals surface area contributed by atoms with Crippen molar-refractivity contribution in [1.29, 1.82) is 0 Å². The zero-order valence-electron chi connectivity index (χ0n) is 18.3. The number of ether oxygens (including phenoxy) is 1. The van der Waals surface area contributed by atoms with Gasteiger partial charge in [-0.3, -0.25) is 4.79 Å². The van der Waals surface area contributed by atoms with E-state index in [4.69, 9.17) is 9.72 Å². The van der Waals surface area contributed by atoms with Crippen LogP contribution < -0.4 is 14.5 Å². The number of aryl methyl sites for hydroxylation is 1. The summed E-state index contributed by atoms with van der Waals surface area (Å²) < 4.78 is 6.05. The number of carbonyl (C=O) groups is 1. The van der Waals surface area contributed by atoms with Gasteiger partial charge < -0.3 is 24.3 Å². The molecule has 2 aliphatic heterocycles. The molecule has 3 heterocycles. The molecule has 2 aromatic rings. The number of hydrogen-bond donors (Lipinski definition) is 0. The van der Waals surface area contributed by atoms with Crippen molar-refractivity contribution >= 4 is 33.6 Å². The van der Waals surface area contributed by atoms with Crippen molar-refractivity contribution in [3.63, 3.8) is 0 Å². The number of likely N-dealkylation sites (N-methyl/N-ethyl adjacent to an activating group) is 1. The van der Waals surface area contributed by atoms with Gasteiger partial charge in [0.1, 0.15) is 11.6 Å². The molecule has 1 amide bonds. The number of methoxy groups -OCH3 is 1. The van der Waals surface area contributed by atoms with Crippen molar-refractivity contribution in [2.75, 3.05) is 76.3 Å². The number of rotatable bonds is 4. The monoisotopic (exact) mass is 488 g/mol. The van der Waals surface area contributed by atoms with Gasteiger partial charge in [0.2, 0.25) is 5.95 Å². The molecule has 0 N–H and O–H groups in total. The molecule has 1 aromatic carbocycles. The lowest BCUT2D eigenvalue weighted by Gasteiger charge is -2.36. The maximum atomic E-state index is 13.1. The highest BCUT2D eigenvalue weighted by molar-refractivity contribution is 9.10. The van der Waals surface area contributed by atoms with Crippen LogP contribution in [0.4, 0.5) is 11.8 Å². The largest absolute Gasteiger partial charge is 0.497 e. The van der Waals surface area contributed by atoms with Gasteiger partial charge in [0, 0.05) is 68.6 Å². The second-order valence-electron chi connectivity index (χ2n) is 8.08. The molecule has 0 unspecified atom stereocenters. The summed E-state index contributed by atoms with van der Waals surface area (Å²) in [5, 5.41) is 0. The van der Waals surface area contributed by atoms with E-state index in [0.717, 1.165) is 48.1 Å². The molecule has 0 bridgehead atoms. The standard InChI is InChI=1S/C22H29BrN6O2/c1-16-14-20(27-8-6-26(2)7-9-27)25-22(24-16)29-12-10-28(11-13-29)21(30)18-15-17(31-3)4-5-19(18)23/h4-5,14-15H,6-13H2,1-3H3. The summed E-state index contributed by atoms with van der Waals surface area (Å²) in [5.74, 6) is 2.43. The second kappa shape index (κ2) is 9.40. The maximum absolute atomic E-state index is 13.1. The van der Waals surface area contributed by atoms with E-state index in [2.05, 4.69) is 48.7 Å². The molecule has 4 rings (SSSR count). The van der Waals surface area contributed by atoms with E-state index in [1.807, 2.05) is 24.0 Å². The number of halogens is 1. The van der Waals surface area contributed by atoms with Gasteiger partial charge in [-0.25, -0.2) is 4.98 Å². The smallest absolute Gasteiger partial charge is 0.255 e. The van der Waals surface area contributed by atoms with Crippen LogP contribution in [0.1, 0.15) is 16.1 Å². The van der Waals surface area contributed by atoms with Gasteiger partial charge >= 0.3 is 0 Å². The molecule has 9 heteroatoms. The van der Waals surface area contributed by atoms with E-state index in [1.54, 1.807) is 13.2 Å². The summed E-state index contributed by atoms with van der Waals surface area (Å²) in [7, 11) is 3.76. The van der Waals surface area contributed by atoms with Crippen LogP contribution in [0.25, 0.3) is 0 Å². The zero-order valence-corrected chi connectivity index (χ0v) is 19.9. The van der Waals surface area contributed by atoms with Crippen molar-refractivity contribution in [3.8, 4) is 5.75 Å². The molecule has 2 fully saturated rings. The number of amides is 1. The highest BCUT2D eigenvalue weighted by atomic mass is 79.9. The molecular formula is C22H29BrN6O2. The number of piperazine rings is 2. The van der Waals surface area contributed by atoms with Gasteiger partial charge in [0.05, 0.1) is 12.7 Å². The first kappa shape index (κ1) is 21.8. The van der Waals surface area contributed by atoms with Crippen LogP contribution in [0.2, 0.25) is 0 Å². The molecule has 2 aliphatic rings. The van der Waals surface area contributed by atoms with Crippen molar-refractivity contribution in [2.24, 2.45) is 0 Å². The molecule has 31 heavy (non-hydrogen) atoms. The summed E-state index contributed by atoms with van der Waals surface area (Å²) in [6.45, 7) is 8.72. The molecule has 166 valence electrons. The number of benzene rings is 1. The fourth-order valence-corrected chi connectivity index (χ4v) is 4.37. The number of aromatic nitrogens is 2. The van der Waals surface area contributed by atoms with Crippen LogP contribution >= 0.6 is 15.9 Å². The van der Waals surface area contributed by atoms with Crippen LogP contribution in [-0.4, -0.2) is 92.2 Å². The Bertz CT molecular complexity index is 940. The van der Waals surface area contributed by atoms with Gasteiger partial charge in [-0.15, -0.1) is 0 Å². The molecule has 2 saturated heterocycles. The predicted octanol–water partition coefficient (Wildman–Crippen LogP) is 2.27. The van der Waals surface area contributed by atoms with Crippen molar-refractivity contribution in [3.05, 3.63) is 40.0 Å². The third-order valence-corrected chi connectivity index (χ3v) is 6.60. The van der Waals surface area contributed by atoms with Gasteiger partial charge in [-0.05, 0) is 48.1 Å². The minimum Gasteiger partial charge on any atom is -0.497 e. The molecule has 0 radical (unpaired) electrons. The van der Waals surface area contributed by atoms with Crippen LogP contribution in [0.5, 0.6) is 5.75 Å². The Kier molecular flexibility index (Phi) is 6.62. The fourth-order valence-electron chi connectivity index (χ4n) is 3.95. The van der Waals surface area contributed by atoms with Crippen molar-refractivity contribution in [1.82, 2.24) is 19.8 Å². The Morgan fingerprint density at radius 3 is 2.32 bits per heavy atom. The molecule has 0 saturated carbocycles. The first-order chi connectivity index (χ1) is 14.9. The van der Waals surface area contributed by atoms with E-state index in [-0.39, 0.29) is 5.91 Å². The van der Waals surface area contributed by atoms with Crippen LogP contribution in [-0.2, 0) is 0 Å². The predicted molar refractivity (Wildman–Crippen MR) is 125 cm³/mol. The number of anilines is 2. The minimum atomic E-state index is 0.00807. The molecule has 1 aromatic heterocycles. The quantitative estimate of drug-likeness (QED) is 0.653. The van der Waals surface area contributed by atoms with E-state index < -0.39 is 0 Å². The number of nitrogens with zero attached hydrogens (tertiary/aromatic N) is 6. The van der Waals surface area contributed by atoms with Crippen LogP contribution in [0, 0.1) is 6.92 Å². The van der Waals surface area contributed by atoms with Crippen LogP contribution in [0.3, 0.4) is 0 Å². The Hall–Kier alpha value is -2.39. The van der Waals surface area contributed by atoms with E-state index >= 15 is 0 Å². The third-order valence-electron chi connectivity index (χ3n) is 5.91. The molecule has 0 atom stereocenters. The highest BCUT2D eigenvalue weighted by Crippen LogP contribution is 2.25. The summed E-state index contributed by atoms with van der Waals surface area (Å²) in [6, 6.07) is 7.54. The van der Waals surface area contributed by atoms with Crippen LogP contribution in [0.15, 0.2) is 28.7 Å². The van der Waals surface area contributed by atoms with Gasteiger partial charge in [-0.1, -0.05) is 0 Å². The zero-order chi connectivity index (χ0) is 22.0. The van der Waals surface area contributed by atoms with E-state index in [1.165, 1.54) is 0 Å². The molecule has 0 aliphatic carbocycles. The summed E-state index contributed by atoms with van der Waals surface area (Å²) >= 11 is 3.49. The fraction of sp³-hybridized carbons (Fsp3) is 0.500. The van der Waals surface area contributed by atoms with E-state index in [9.17, 15) is 4.79 Å². The minimum absolute atomic E-state index is 0.00807. The molecule has 0 spiro atoms. The van der Waals surface area contributed by atoms with Gasteiger partial charge in [-0.2, -0.15) is 4.98 Å². The Morgan fingerprint density at radius 2 is 1.65 bits per heavy atom. The maximum Gasteiger partial charge on any atom is 0.255 e. The number of hydrogen-bond acceptors (Lipinski definition) is 7. The normalized spacial score (nSPS) is 17.7. The first-order valence-corrected chi connectivity index (χ1v) is 11.4. The van der Waals surface area contributed by atoms with E-state index in [0.29, 0.717) is 37.5 Å². The van der Waals surface area contributed by atoms with Crippen molar-refractivity contribution in [2.45, 2.75) is 6.92 Å². The van der Waals surface area contributed by atoms with Crippen molar-refractivity contribution < 1.29 is 9.53 Å². The molecular weight excluding hydrogens is 460 g/mol. The number of carbonyl (C=O) groups excluding carboxylic acids is 1. The Balaban J connectivity index is 1.43. The Labute approximate surface area is 191 Å².